The van der Waals surface area contributed by atoms with Crippen LogP contribution in [-0.4, -0.2) is 44.7 Å². The average molecular weight is 354 g/mol. The number of fused-ring (bicyclic) bond motifs is 1. The second kappa shape index (κ2) is 8.34. The summed E-state index contributed by atoms with van der Waals surface area (Å²) in [5.74, 6) is 0. The molecular formula is C16H20BrNO3. The molecule has 0 aliphatic heterocycles. The standard InChI is InChI=1S/C16H20BrNO3/c1-20-8-9-21-11-12(19)10-18-16-7-6-15(17)13-4-2-3-5-14(13)16/h2-7,12,18-19H,8-11H2,1H3. The first kappa shape index (κ1) is 16.2. The number of aliphatic hydroxyl groups is 1. The number of benzene rings is 2. The van der Waals surface area contributed by atoms with Crippen LogP contribution in [0.2, 0.25) is 0 Å². The van der Waals surface area contributed by atoms with Crippen LogP contribution in [0, 0.1) is 0 Å². The zero-order valence-electron chi connectivity index (χ0n) is 12.0. The summed E-state index contributed by atoms with van der Waals surface area (Å²) in [6.45, 7) is 1.77. The van der Waals surface area contributed by atoms with E-state index in [1.165, 1.54) is 0 Å². The summed E-state index contributed by atoms with van der Waals surface area (Å²) in [5.41, 5.74) is 1.00. The molecule has 1 atom stereocenters. The van der Waals surface area contributed by atoms with Crippen molar-refractivity contribution in [2.45, 2.75) is 6.10 Å². The van der Waals surface area contributed by atoms with Crippen LogP contribution in [0.4, 0.5) is 5.69 Å². The molecule has 0 radical (unpaired) electrons. The second-order valence-corrected chi connectivity index (χ2v) is 5.60. The Morgan fingerprint density at radius 1 is 1.14 bits per heavy atom. The Hall–Kier alpha value is -1.14. The van der Waals surface area contributed by atoms with E-state index in [-0.39, 0.29) is 0 Å². The summed E-state index contributed by atoms with van der Waals surface area (Å²) in [4.78, 5) is 0. The van der Waals surface area contributed by atoms with Gasteiger partial charge in [-0.05, 0) is 17.5 Å². The smallest absolute Gasteiger partial charge is 0.0945 e. The summed E-state index contributed by atoms with van der Waals surface area (Å²) in [6.07, 6.45) is -0.552. The third-order valence-corrected chi connectivity index (χ3v) is 3.83. The molecule has 0 heterocycles. The number of rotatable bonds is 8. The number of nitrogens with one attached hydrogen (secondary N) is 1. The van der Waals surface area contributed by atoms with Gasteiger partial charge < -0.3 is 19.9 Å². The van der Waals surface area contributed by atoms with Crippen LogP contribution in [0.3, 0.4) is 0 Å². The fourth-order valence-electron chi connectivity index (χ4n) is 2.06. The van der Waals surface area contributed by atoms with E-state index >= 15 is 0 Å². The summed E-state index contributed by atoms with van der Waals surface area (Å²) in [6, 6.07) is 12.1. The van der Waals surface area contributed by atoms with Crippen LogP contribution in [0.15, 0.2) is 40.9 Å². The topological polar surface area (TPSA) is 50.7 Å². The maximum atomic E-state index is 9.90. The highest BCUT2D eigenvalue weighted by Crippen LogP contribution is 2.29. The summed E-state index contributed by atoms with van der Waals surface area (Å²) >= 11 is 3.55. The first-order chi connectivity index (χ1) is 10.2. The highest BCUT2D eigenvalue weighted by Gasteiger charge is 2.07. The molecular weight excluding hydrogens is 334 g/mol. The number of methoxy groups -OCH3 is 1. The van der Waals surface area contributed by atoms with E-state index in [2.05, 4.69) is 33.4 Å². The number of hydrogen-bond acceptors (Lipinski definition) is 4. The SMILES string of the molecule is COCCOCC(O)CNc1ccc(Br)c2ccccc12. The van der Waals surface area contributed by atoms with E-state index in [0.29, 0.717) is 26.4 Å². The average Bonchev–Trinajstić information content (AvgIpc) is 2.51. The van der Waals surface area contributed by atoms with Crippen molar-refractivity contribution in [2.75, 3.05) is 38.8 Å². The first-order valence-electron chi connectivity index (χ1n) is 6.88. The molecule has 4 nitrogen and oxygen atoms in total. The molecule has 21 heavy (non-hydrogen) atoms. The van der Waals surface area contributed by atoms with Gasteiger partial charge in [0.25, 0.3) is 0 Å². The lowest BCUT2D eigenvalue weighted by Gasteiger charge is -2.15. The van der Waals surface area contributed by atoms with Gasteiger partial charge in [0.05, 0.1) is 25.9 Å². The molecule has 2 rings (SSSR count). The lowest BCUT2D eigenvalue weighted by atomic mass is 10.1. The van der Waals surface area contributed by atoms with E-state index in [0.717, 1.165) is 20.9 Å². The number of aliphatic hydroxyl groups excluding tert-OH is 1. The predicted octanol–water partition coefficient (Wildman–Crippen LogP) is 3.04. The van der Waals surface area contributed by atoms with Crippen LogP contribution in [0.25, 0.3) is 10.8 Å². The third-order valence-electron chi connectivity index (χ3n) is 3.14. The fourth-order valence-corrected chi connectivity index (χ4v) is 2.54. The highest BCUT2D eigenvalue weighted by molar-refractivity contribution is 9.10. The van der Waals surface area contributed by atoms with Crippen molar-refractivity contribution in [3.05, 3.63) is 40.9 Å². The van der Waals surface area contributed by atoms with Crippen LogP contribution >= 0.6 is 15.9 Å². The molecule has 0 fully saturated rings. The maximum absolute atomic E-state index is 9.90. The summed E-state index contributed by atoms with van der Waals surface area (Å²) in [5, 5.41) is 15.4. The van der Waals surface area contributed by atoms with Crippen LogP contribution < -0.4 is 5.32 Å². The van der Waals surface area contributed by atoms with Crippen molar-refractivity contribution in [1.82, 2.24) is 0 Å². The quantitative estimate of drug-likeness (QED) is 0.716. The van der Waals surface area contributed by atoms with Gasteiger partial charge in [0.15, 0.2) is 0 Å². The zero-order chi connectivity index (χ0) is 15.1. The molecule has 0 aromatic heterocycles. The van der Waals surface area contributed by atoms with Gasteiger partial charge >= 0.3 is 0 Å². The Morgan fingerprint density at radius 3 is 2.67 bits per heavy atom. The Balaban J connectivity index is 1.93. The number of hydrogen-bond donors (Lipinski definition) is 2. The van der Waals surface area contributed by atoms with E-state index < -0.39 is 6.10 Å². The molecule has 1 unspecified atom stereocenters. The molecule has 0 aliphatic rings. The van der Waals surface area contributed by atoms with E-state index in [9.17, 15) is 5.11 Å². The summed E-state index contributed by atoms with van der Waals surface area (Å²) < 4.78 is 11.3. The van der Waals surface area contributed by atoms with E-state index in [1.807, 2.05) is 24.3 Å². The Labute approximate surface area is 133 Å². The monoisotopic (exact) mass is 353 g/mol. The third kappa shape index (κ3) is 4.68. The van der Waals surface area contributed by atoms with Crippen molar-refractivity contribution in [1.29, 1.82) is 0 Å². The van der Waals surface area contributed by atoms with Crippen molar-refractivity contribution in [3.8, 4) is 0 Å². The lowest BCUT2D eigenvalue weighted by molar-refractivity contribution is 0.0182. The number of anilines is 1. The highest BCUT2D eigenvalue weighted by atomic mass is 79.9. The van der Waals surface area contributed by atoms with Crippen molar-refractivity contribution >= 4 is 32.4 Å². The minimum atomic E-state index is -0.552. The lowest BCUT2D eigenvalue weighted by Crippen LogP contribution is -2.25. The normalized spacial score (nSPS) is 12.5. The van der Waals surface area contributed by atoms with E-state index in [1.54, 1.807) is 7.11 Å². The van der Waals surface area contributed by atoms with Gasteiger partial charge in [-0.15, -0.1) is 0 Å². The van der Waals surface area contributed by atoms with Gasteiger partial charge in [0, 0.05) is 29.2 Å². The predicted molar refractivity (Wildman–Crippen MR) is 88.8 cm³/mol. The number of halogens is 1. The molecule has 2 N–H and O–H groups in total. The van der Waals surface area contributed by atoms with Crippen LogP contribution in [0.1, 0.15) is 0 Å². The molecule has 2 aromatic carbocycles. The summed E-state index contributed by atoms with van der Waals surface area (Å²) in [7, 11) is 1.62. The molecule has 2 aromatic rings. The van der Waals surface area contributed by atoms with Crippen molar-refractivity contribution in [3.63, 3.8) is 0 Å². The first-order valence-corrected chi connectivity index (χ1v) is 7.67. The molecule has 114 valence electrons. The van der Waals surface area contributed by atoms with Gasteiger partial charge in [0.2, 0.25) is 0 Å². The Bertz CT molecular complexity index is 576. The largest absolute Gasteiger partial charge is 0.389 e. The molecule has 0 spiro atoms. The van der Waals surface area contributed by atoms with Crippen LogP contribution in [0.5, 0.6) is 0 Å². The molecule has 0 saturated heterocycles. The second-order valence-electron chi connectivity index (χ2n) is 4.74. The van der Waals surface area contributed by atoms with Gasteiger partial charge in [-0.3, -0.25) is 0 Å². The fraction of sp³-hybridized carbons (Fsp3) is 0.375. The molecule has 0 saturated carbocycles. The zero-order valence-corrected chi connectivity index (χ0v) is 13.6. The van der Waals surface area contributed by atoms with Crippen LogP contribution in [-0.2, 0) is 9.47 Å². The van der Waals surface area contributed by atoms with E-state index in [4.69, 9.17) is 9.47 Å². The van der Waals surface area contributed by atoms with Gasteiger partial charge in [-0.25, -0.2) is 0 Å². The Morgan fingerprint density at radius 2 is 1.90 bits per heavy atom. The molecule has 0 aliphatic carbocycles. The van der Waals surface area contributed by atoms with Gasteiger partial charge in [-0.2, -0.15) is 0 Å². The minimum Gasteiger partial charge on any atom is -0.389 e. The van der Waals surface area contributed by atoms with Gasteiger partial charge in [0.1, 0.15) is 0 Å². The van der Waals surface area contributed by atoms with Gasteiger partial charge in [-0.1, -0.05) is 40.2 Å². The Kier molecular flexibility index (Phi) is 6.45. The molecule has 5 heteroatoms. The van der Waals surface area contributed by atoms with Crippen molar-refractivity contribution < 1.29 is 14.6 Å². The minimum absolute atomic E-state index is 0.296. The number of ether oxygens (including phenoxy) is 2. The molecule has 0 bridgehead atoms. The maximum Gasteiger partial charge on any atom is 0.0945 e. The van der Waals surface area contributed by atoms with Crippen molar-refractivity contribution in [2.24, 2.45) is 0 Å². The molecule has 0 amide bonds.